The zero-order valence-corrected chi connectivity index (χ0v) is 10.9. The Morgan fingerprint density at radius 3 is 2.44 bits per heavy atom. The van der Waals surface area contributed by atoms with Crippen molar-refractivity contribution in [3.8, 4) is 0 Å². The van der Waals surface area contributed by atoms with Crippen LogP contribution in [0.3, 0.4) is 0 Å². The standard InChI is InChI=1S/C14H21FN2O/c1-10(16)13(11-3-5-12(15)6-4-11)17-8-7-14(2,18)9-17/h3-6,10,13,18H,7-9,16H2,1-2H3. The van der Waals surface area contributed by atoms with Gasteiger partial charge in [-0.15, -0.1) is 0 Å². The summed E-state index contributed by atoms with van der Waals surface area (Å²) >= 11 is 0. The Kier molecular flexibility index (Phi) is 3.71. The van der Waals surface area contributed by atoms with Gasteiger partial charge in [-0.1, -0.05) is 12.1 Å². The normalized spacial score (nSPS) is 28.3. The van der Waals surface area contributed by atoms with Gasteiger partial charge in [-0.25, -0.2) is 4.39 Å². The molecule has 3 atom stereocenters. The molecule has 3 unspecified atom stereocenters. The van der Waals surface area contributed by atoms with Crippen molar-refractivity contribution in [2.24, 2.45) is 5.73 Å². The Bertz CT molecular complexity index is 403. The highest BCUT2D eigenvalue weighted by atomic mass is 19.1. The predicted molar refractivity (Wildman–Crippen MR) is 69.6 cm³/mol. The minimum absolute atomic E-state index is 0.0274. The van der Waals surface area contributed by atoms with Gasteiger partial charge in [0.1, 0.15) is 5.82 Å². The molecule has 0 amide bonds. The molecule has 0 spiro atoms. The fraction of sp³-hybridized carbons (Fsp3) is 0.571. The first kappa shape index (κ1) is 13.5. The van der Waals surface area contributed by atoms with E-state index in [1.807, 2.05) is 13.8 Å². The summed E-state index contributed by atoms with van der Waals surface area (Å²) in [6.07, 6.45) is 0.747. The van der Waals surface area contributed by atoms with E-state index in [1.165, 1.54) is 12.1 Å². The summed E-state index contributed by atoms with van der Waals surface area (Å²) in [5, 5.41) is 10.0. The van der Waals surface area contributed by atoms with Crippen LogP contribution >= 0.6 is 0 Å². The molecule has 1 aliphatic heterocycles. The first-order valence-electron chi connectivity index (χ1n) is 6.36. The average molecular weight is 252 g/mol. The molecule has 1 fully saturated rings. The number of aliphatic hydroxyl groups is 1. The first-order chi connectivity index (χ1) is 8.39. The van der Waals surface area contributed by atoms with Crippen molar-refractivity contribution in [2.45, 2.75) is 38.0 Å². The highest BCUT2D eigenvalue weighted by Crippen LogP contribution is 2.31. The van der Waals surface area contributed by atoms with Crippen LogP contribution in [0, 0.1) is 5.82 Å². The fourth-order valence-corrected chi connectivity index (χ4v) is 2.72. The summed E-state index contributed by atoms with van der Waals surface area (Å²) in [6, 6.07) is 6.42. The molecule has 0 aromatic heterocycles. The first-order valence-corrected chi connectivity index (χ1v) is 6.36. The molecule has 1 aliphatic rings. The number of nitrogens with two attached hydrogens (primary N) is 1. The SMILES string of the molecule is CC(N)C(c1ccc(F)cc1)N1CCC(C)(O)C1. The number of hydrogen-bond donors (Lipinski definition) is 2. The van der Waals surface area contributed by atoms with E-state index in [0.717, 1.165) is 18.5 Å². The molecular formula is C14H21FN2O. The number of benzene rings is 1. The van der Waals surface area contributed by atoms with Crippen molar-refractivity contribution in [1.29, 1.82) is 0 Å². The molecule has 3 nitrogen and oxygen atoms in total. The van der Waals surface area contributed by atoms with Crippen LogP contribution in [0.4, 0.5) is 4.39 Å². The second-order valence-electron chi connectivity index (χ2n) is 5.57. The van der Waals surface area contributed by atoms with Gasteiger partial charge in [0.15, 0.2) is 0 Å². The summed E-state index contributed by atoms with van der Waals surface area (Å²) in [4.78, 5) is 2.18. The Balaban J connectivity index is 2.21. The lowest BCUT2D eigenvalue weighted by Gasteiger charge is -2.32. The zero-order chi connectivity index (χ0) is 13.3. The van der Waals surface area contributed by atoms with Gasteiger partial charge in [-0.05, 0) is 38.0 Å². The van der Waals surface area contributed by atoms with E-state index in [0.29, 0.717) is 6.54 Å². The number of hydrogen-bond acceptors (Lipinski definition) is 3. The highest BCUT2D eigenvalue weighted by molar-refractivity contribution is 5.22. The number of nitrogens with zero attached hydrogens (tertiary/aromatic N) is 1. The zero-order valence-electron chi connectivity index (χ0n) is 10.9. The van der Waals surface area contributed by atoms with Crippen molar-refractivity contribution < 1.29 is 9.50 Å². The Labute approximate surface area is 107 Å². The van der Waals surface area contributed by atoms with Crippen molar-refractivity contribution in [1.82, 2.24) is 4.90 Å². The third-order valence-electron chi connectivity index (χ3n) is 3.58. The van der Waals surface area contributed by atoms with E-state index < -0.39 is 5.60 Å². The molecule has 0 aliphatic carbocycles. The third-order valence-corrected chi connectivity index (χ3v) is 3.58. The molecule has 18 heavy (non-hydrogen) atoms. The summed E-state index contributed by atoms with van der Waals surface area (Å²) in [5.74, 6) is -0.240. The van der Waals surface area contributed by atoms with Crippen molar-refractivity contribution >= 4 is 0 Å². The molecule has 1 aromatic rings. The molecule has 3 N–H and O–H groups in total. The lowest BCUT2D eigenvalue weighted by molar-refractivity contribution is 0.0601. The van der Waals surface area contributed by atoms with Crippen LogP contribution in [0.25, 0.3) is 0 Å². The van der Waals surface area contributed by atoms with Gasteiger partial charge in [0.2, 0.25) is 0 Å². The molecule has 2 rings (SSSR count). The van der Waals surface area contributed by atoms with E-state index in [-0.39, 0.29) is 17.9 Å². The van der Waals surface area contributed by atoms with Crippen LogP contribution in [0.5, 0.6) is 0 Å². The van der Waals surface area contributed by atoms with E-state index in [4.69, 9.17) is 5.73 Å². The minimum atomic E-state index is -0.646. The molecular weight excluding hydrogens is 231 g/mol. The van der Waals surface area contributed by atoms with E-state index in [2.05, 4.69) is 4.90 Å². The fourth-order valence-electron chi connectivity index (χ4n) is 2.72. The number of β-amino-alcohol motifs (C(OH)–C–C–N with tert-alkyl or cyclic N) is 1. The minimum Gasteiger partial charge on any atom is -0.389 e. The van der Waals surface area contributed by atoms with Crippen LogP contribution < -0.4 is 5.73 Å². The van der Waals surface area contributed by atoms with Crippen molar-refractivity contribution in [2.75, 3.05) is 13.1 Å². The maximum absolute atomic E-state index is 13.0. The molecule has 1 aromatic carbocycles. The van der Waals surface area contributed by atoms with E-state index in [1.54, 1.807) is 12.1 Å². The number of likely N-dealkylation sites (tertiary alicyclic amines) is 1. The molecule has 1 saturated heterocycles. The second kappa shape index (κ2) is 4.96. The summed E-state index contributed by atoms with van der Waals surface area (Å²) in [5.41, 5.74) is 6.42. The summed E-state index contributed by atoms with van der Waals surface area (Å²) < 4.78 is 13.0. The van der Waals surface area contributed by atoms with Crippen molar-refractivity contribution in [3.05, 3.63) is 35.6 Å². The van der Waals surface area contributed by atoms with Crippen LogP contribution in [0.1, 0.15) is 31.9 Å². The van der Waals surface area contributed by atoms with Crippen LogP contribution in [-0.2, 0) is 0 Å². The predicted octanol–water partition coefficient (Wildman–Crippen LogP) is 1.67. The molecule has 1 heterocycles. The van der Waals surface area contributed by atoms with E-state index in [9.17, 15) is 9.50 Å². The Morgan fingerprint density at radius 1 is 1.39 bits per heavy atom. The number of halogens is 1. The topological polar surface area (TPSA) is 49.5 Å². The summed E-state index contributed by atoms with van der Waals surface area (Å²) in [7, 11) is 0. The highest BCUT2D eigenvalue weighted by Gasteiger charge is 2.36. The lowest BCUT2D eigenvalue weighted by atomic mass is 9.99. The Hall–Kier alpha value is -0.970. The quantitative estimate of drug-likeness (QED) is 0.860. The third kappa shape index (κ3) is 2.88. The van der Waals surface area contributed by atoms with Gasteiger partial charge in [0.25, 0.3) is 0 Å². The largest absolute Gasteiger partial charge is 0.389 e. The van der Waals surface area contributed by atoms with Gasteiger partial charge in [-0.3, -0.25) is 4.90 Å². The van der Waals surface area contributed by atoms with Gasteiger partial charge in [0.05, 0.1) is 5.60 Å². The molecule has 4 heteroatoms. The lowest BCUT2D eigenvalue weighted by Crippen LogP contribution is -2.40. The summed E-state index contributed by atoms with van der Waals surface area (Å²) in [6.45, 7) is 5.21. The van der Waals surface area contributed by atoms with Gasteiger partial charge in [0, 0.05) is 25.2 Å². The van der Waals surface area contributed by atoms with Crippen LogP contribution in [0.15, 0.2) is 24.3 Å². The smallest absolute Gasteiger partial charge is 0.123 e. The average Bonchev–Trinajstić information content (AvgIpc) is 2.61. The van der Waals surface area contributed by atoms with Crippen LogP contribution in [-0.4, -0.2) is 34.7 Å². The van der Waals surface area contributed by atoms with E-state index >= 15 is 0 Å². The maximum Gasteiger partial charge on any atom is 0.123 e. The second-order valence-corrected chi connectivity index (χ2v) is 5.57. The maximum atomic E-state index is 13.0. The van der Waals surface area contributed by atoms with Crippen molar-refractivity contribution in [3.63, 3.8) is 0 Å². The molecule has 0 saturated carbocycles. The molecule has 100 valence electrons. The van der Waals surface area contributed by atoms with Crippen LogP contribution in [0.2, 0.25) is 0 Å². The van der Waals surface area contributed by atoms with Gasteiger partial charge >= 0.3 is 0 Å². The van der Waals surface area contributed by atoms with Gasteiger partial charge in [-0.2, -0.15) is 0 Å². The Morgan fingerprint density at radius 2 is 2.00 bits per heavy atom. The molecule has 0 bridgehead atoms. The number of rotatable bonds is 3. The molecule has 0 radical (unpaired) electrons. The monoisotopic (exact) mass is 252 g/mol. The van der Waals surface area contributed by atoms with Gasteiger partial charge < -0.3 is 10.8 Å².